The van der Waals surface area contributed by atoms with Crippen molar-refractivity contribution in [3.63, 3.8) is 0 Å². The molecule has 0 fully saturated rings. The summed E-state index contributed by atoms with van der Waals surface area (Å²) in [7, 11) is -4.71. The molecule has 0 aliphatic rings. The second-order valence-electron chi connectivity index (χ2n) is 11.6. The van der Waals surface area contributed by atoms with Crippen LogP contribution < -0.4 is 5.73 Å². The van der Waals surface area contributed by atoms with Crippen LogP contribution in [0.25, 0.3) is 0 Å². The van der Waals surface area contributed by atoms with Crippen LogP contribution in [0.3, 0.4) is 0 Å². The largest absolute Gasteiger partial charge is 0.480 e. The molecule has 0 amide bonds. The number of ether oxygens (including phenoxy) is 2. The van der Waals surface area contributed by atoms with Crippen molar-refractivity contribution in [2.24, 2.45) is 5.73 Å². The Bertz CT molecular complexity index is 953. The Labute approximate surface area is 282 Å². The zero-order valence-corrected chi connectivity index (χ0v) is 29.8. The van der Waals surface area contributed by atoms with Gasteiger partial charge in [-0.3, -0.25) is 23.4 Å². The van der Waals surface area contributed by atoms with E-state index < -0.39 is 51.1 Å². The van der Waals surface area contributed by atoms with Crippen LogP contribution in [0, 0.1) is 0 Å². The predicted octanol–water partition coefficient (Wildman–Crippen LogP) is 8.11. The van der Waals surface area contributed by atoms with Gasteiger partial charge in [0.1, 0.15) is 12.6 Å². The molecule has 3 unspecified atom stereocenters. The third kappa shape index (κ3) is 30.8. The first kappa shape index (κ1) is 44.7. The third-order valence-corrected chi connectivity index (χ3v) is 8.10. The van der Waals surface area contributed by atoms with E-state index in [1.165, 1.54) is 25.7 Å². The van der Waals surface area contributed by atoms with Crippen molar-refractivity contribution in [2.45, 2.75) is 148 Å². The van der Waals surface area contributed by atoms with E-state index in [1.807, 2.05) is 0 Å². The number of allylic oxidation sites excluding steroid dienone is 6. The van der Waals surface area contributed by atoms with Crippen molar-refractivity contribution < 1.29 is 47.5 Å². The number of hydrogen-bond acceptors (Lipinski definition) is 9. The average Bonchev–Trinajstić information content (AvgIpc) is 3.04. The topological polar surface area (TPSA) is 172 Å². The predicted molar refractivity (Wildman–Crippen MR) is 185 cm³/mol. The fraction of sp³-hybridized carbons (Fsp3) is 0.743. The Morgan fingerprint density at radius 1 is 0.681 bits per heavy atom. The van der Waals surface area contributed by atoms with Crippen LogP contribution >= 0.6 is 7.82 Å². The minimum atomic E-state index is -4.71. The van der Waals surface area contributed by atoms with Gasteiger partial charge in [-0.05, 0) is 44.9 Å². The number of phosphoric acid groups is 1. The maximum atomic E-state index is 12.5. The summed E-state index contributed by atoms with van der Waals surface area (Å²) >= 11 is 0. The fourth-order valence-corrected chi connectivity index (χ4v) is 5.15. The molecule has 0 aromatic rings. The second kappa shape index (κ2) is 31.0. The Kier molecular flexibility index (Phi) is 29.5. The number of carboxylic acid groups (broad SMARTS) is 1. The van der Waals surface area contributed by atoms with E-state index in [0.29, 0.717) is 12.8 Å². The number of aliphatic carboxylic acids is 1. The lowest BCUT2D eigenvalue weighted by Gasteiger charge is -2.20. The van der Waals surface area contributed by atoms with Crippen LogP contribution in [-0.2, 0) is 37.5 Å². The minimum absolute atomic E-state index is 0.142. The number of rotatable bonds is 32. The molecule has 0 spiro atoms. The second-order valence-corrected chi connectivity index (χ2v) is 13.1. The van der Waals surface area contributed by atoms with Crippen molar-refractivity contribution in [1.29, 1.82) is 0 Å². The van der Waals surface area contributed by atoms with Gasteiger partial charge in [0.05, 0.1) is 13.2 Å². The van der Waals surface area contributed by atoms with Crippen LogP contribution in [0.2, 0.25) is 0 Å². The van der Waals surface area contributed by atoms with E-state index in [9.17, 15) is 23.8 Å². The van der Waals surface area contributed by atoms with Gasteiger partial charge in [-0.1, -0.05) is 115 Å². The zero-order chi connectivity index (χ0) is 35.0. The minimum Gasteiger partial charge on any atom is -0.480 e. The molecule has 0 saturated carbocycles. The average molecular weight is 688 g/mol. The van der Waals surface area contributed by atoms with Crippen LogP contribution in [0.4, 0.5) is 0 Å². The number of carboxylic acids is 1. The first-order chi connectivity index (χ1) is 22.6. The molecular formula is C35H62NO10P. The van der Waals surface area contributed by atoms with Crippen LogP contribution in [-0.4, -0.2) is 59.9 Å². The molecule has 272 valence electrons. The standard InChI is InChI=1S/C35H62NO10P/c1-3-5-7-9-11-13-14-15-16-17-18-19-21-23-25-27-34(38)46-31(29-44-47(41,42)45-30-32(36)35(39)40)28-43-33(37)26-24-22-20-12-10-8-6-4-2/h5,7,11,13,15-16,31-32H,3-4,6,8-10,12,14,17-30,36H2,1-2H3,(H,39,40)(H,41,42)/b7-5-,13-11-,16-15-. The Balaban J connectivity index is 4.50. The van der Waals surface area contributed by atoms with Crippen molar-refractivity contribution in [2.75, 3.05) is 19.8 Å². The molecule has 0 rings (SSSR count). The quantitative estimate of drug-likeness (QED) is 0.0270. The molecule has 4 N–H and O–H groups in total. The Morgan fingerprint density at radius 3 is 1.79 bits per heavy atom. The highest BCUT2D eigenvalue weighted by Gasteiger charge is 2.28. The summed E-state index contributed by atoms with van der Waals surface area (Å²) in [4.78, 5) is 45.5. The summed E-state index contributed by atoms with van der Waals surface area (Å²) in [5.74, 6) is -2.41. The van der Waals surface area contributed by atoms with Crippen molar-refractivity contribution >= 4 is 25.7 Å². The van der Waals surface area contributed by atoms with E-state index in [-0.39, 0.29) is 19.4 Å². The number of phosphoric ester groups is 1. The van der Waals surface area contributed by atoms with Gasteiger partial charge in [0, 0.05) is 12.8 Å². The summed E-state index contributed by atoms with van der Waals surface area (Å²) in [6.07, 6.45) is 29.5. The lowest BCUT2D eigenvalue weighted by Crippen LogP contribution is -2.34. The number of hydrogen-bond donors (Lipinski definition) is 3. The van der Waals surface area contributed by atoms with Crippen molar-refractivity contribution in [1.82, 2.24) is 0 Å². The molecule has 12 heteroatoms. The van der Waals surface area contributed by atoms with Gasteiger partial charge < -0.3 is 25.2 Å². The van der Waals surface area contributed by atoms with Gasteiger partial charge >= 0.3 is 25.7 Å². The van der Waals surface area contributed by atoms with E-state index >= 15 is 0 Å². The van der Waals surface area contributed by atoms with E-state index in [1.54, 1.807) is 0 Å². The van der Waals surface area contributed by atoms with Gasteiger partial charge in [0.25, 0.3) is 0 Å². The molecule has 0 aliphatic heterocycles. The monoisotopic (exact) mass is 687 g/mol. The highest BCUT2D eigenvalue weighted by Crippen LogP contribution is 2.43. The van der Waals surface area contributed by atoms with Crippen LogP contribution in [0.15, 0.2) is 36.5 Å². The molecule has 0 heterocycles. The number of esters is 2. The highest BCUT2D eigenvalue weighted by molar-refractivity contribution is 7.47. The molecular weight excluding hydrogens is 625 g/mol. The fourth-order valence-electron chi connectivity index (χ4n) is 4.37. The first-order valence-electron chi connectivity index (χ1n) is 17.5. The third-order valence-electron chi connectivity index (χ3n) is 7.15. The van der Waals surface area contributed by atoms with Gasteiger partial charge in [-0.15, -0.1) is 0 Å². The maximum absolute atomic E-state index is 12.5. The van der Waals surface area contributed by atoms with Crippen molar-refractivity contribution in [3.05, 3.63) is 36.5 Å². The molecule has 0 saturated heterocycles. The van der Waals surface area contributed by atoms with Crippen molar-refractivity contribution in [3.8, 4) is 0 Å². The molecule has 0 aromatic heterocycles. The molecule has 0 radical (unpaired) electrons. The maximum Gasteiger partial charge on any atom is 0.472 e. The Morgan fingerprint density at radius 2 is 1.19 bits per heavy atom. The van der Waals surface area contributed by atoms with Gasteiger partial charge in [0.15, 0.2) is 6.10 Å². The molecule has 0 aromatic carbocycles. The smallest absolute Gasteiger partial charge is 0.472 e. The number of unbranched alkanes of at least 4 members (excludes halogenated alkanes) is 12. The van der Waals surface area contributed by atoms with E-state index in [2.05, 4.69) is 54.8 Å². The summed E-state index contributed by atoms with van der Waals surface area (Å²) in [6.45, 7) is 2.60. The first-order valence-corrected chi connectivity index (χ1v) is 19.0. The Hall–Kier alpha value is -2.30. The normalized spacial score (nSPS) is 14.5. The molecule has 0 aliphatic carbocycles. The lowest BCUT2D eigenvalue weighted by atomic mass is 10.1. The van der Waals surface area contributed by atoms with Gasteiger partial charge in [-0.2, -0.15) is 0 Å². The number of carbonyl (C=O) groups is 3. The zero-order valence-electron chi connectivity index (χ0n) is 28.9. The summed E-state index contributed by atoms with van der Waals surface area (Å²) in [5.41, 5.74) is 5.30. The molecule has 0 bridgehead atoms. The number of carbonyl (C=O) groups excluding carboxylic acids is 2. The van der Waals surface area contributed by atoms with Gasteiger partial charge in [-0.25, -0.2) is 4.57 Å². The van der Waals surface area contributed by atoms with Crippen LogP contribution in [0.1, 0.15) is 136 Å². The molecule has 11 nitrogen and oxygen atoms in total. The summed E-state index contributed by atoms with van der Waals surface area (Å²) < 4.78 is 32.4. The summed E-state index contributed by atoms with van der Waals surface area (Å²) in [5, 5.41) is 8.83. The molecule has 47 heavy (non-hydrogen) atoms. The SMILES string of the molecule is CC/C=C\C/C=C\C/C=C\CCCCCCCC(=O)OC(COC(=O)CCCCCCCCCC)COP(=O)(O)OCC(N)C(=O)O. The lowest BCUT2D eigenvalue weighted by molar-refractivity contribution is -0.161. The number of nitrogens with two attached hydrogens (primary N) is 1. The van der Waals surface area contributed by atoms with E-state index in [0.717, 1.165) is 70.6 Å². The summed E-state index contributed by atoms with van der Waals surface area (Å²) in [6, 6.07) is -1.52. The van der Waals surface area contributed by atoms with Gasteiger partial charge in [0.2, 0.25) is 0 Å². The van der Waals surface area contributed by atoms with E-state index in [4.69, 9.17) is 24.8 Å². The molecule has 3 atom stereocenters. The highest BCUT2D eigenvalue weighted by atomic mass is 31.2. The van der Waals surface area contributed by atoms with Crippen LogP contribution in [0.5, 0.6) is 0 Å².